The van der Waals surface area contributed by atoms with Crippen molar-refractivity contribution in [3.63, 3.8) is 0 Å². The van der Waals surface area contributed by atoms with E-state index in [4.69, 9.17) is 10.5 Å². The van der Waals surface area contributed by atoms with Crippen molar-refractivity contribution in [2.24, 2.45) is 5.73 Å². The second-order valence-corrected chi connectivity index (χ2v) is 4.98. The number of hydrogen-bond acceptors (Lipinski definition) is 2. The second kappa shape index (κ2) is 5.85. The van der Waals surface area contributed by atoms with Crippen LogP contribution >= 0.6 is 0 Å². The number of rotatable bonds is 4. The van der Waals surface area contributed by atoms with E-state index < -0.39 is 5.91 Å². The molecule has 0 aliphatic rings. The molecular weight excluding hydrogens is 281 g/mol. The van der Waals surface area contributed by atoms with Gasteiger partial charge in [-0.05, 0) is 35.2 Å². The molecule has 1 amide bonds. The Kier molecular flexibility index (Phi) is 3.74. The van der Waals surface area contributed by atoms with Gasteiger partial charge >= 0.3 is 0 Å². The van der Waals surface area contributed by atoms with Gasteiger partial charge in [0.1, 0.15) is 18.2 Å². The maximum atomic E-state index is 13.2. The number of nitrogens with two attached hydrogens (primary N) is 1. The molecule has 0 aliphatic heterocycles. The summed E-state index contributed by atoms with van der Waals surface area (Å²) in [6.07, 6.45) is 0. The Bertz CT molecular complexity index is 845. The summed E-state index contributed by atoms with van der Waals surface area (Å²) in [6, 6.07) is 17.1. The van der Waals surface area contributed by atoms with Crippen LogP contribution in [0.25, 0.3) is 10.8 Å². The van der Waals surface area contributed by atoms with Gasteiger partial charge in [-0.3, -0.25) is 4.79 Å². The molecule has 0 saturated heterocycles. The van der Waals surface area contributed by atoms with Crippen molar-refractivity contribution in [2.75, 3.05) is 0 Å². The van der Waals surface area contributed by atoms with E-state index in [0.717, 1.165) is 10.8 Å². The lowest BCUT2D eigenvalue weighted by atomic mass is 10.1. The van der Waals surface area contributed by atoms with Crippen molar-refractivity contribution in [2.45, 2.75) is 6.61 Å². The minimum Gasteiger partial charge on any atom is -0.488 e. The van der Waals surface area contributed by atoms with E-state index >= 15 is 0 Å². The summed E-state index contributed by atoms with van der Waals surface area (Å²) in [7, 11) is 0. The monoisotopic (exact) mass is 295 g/mol. The lowest BCUT2D eigenvalue weighted by Crippen LogP contribution is -2.11. The molecule has 0 aromatic heterocycles. The van der Waals surface area contributed by atoms with Crippen LogP contribution in [0.5, 0.6) is 5.75 Å². The van der Waals surface area contributed by atoms with Crippen LogP contribution < -0.4 is 10.5 Å². The van der Waals surface area contributed by atoms with Crippen molar-refractivity contribution >= 4 is 16.7 Å². The fourth-order valence-electron chi connectivity index (χ4n) is 2.32. The topological polar surface area (TPSA) is 52.3 Å². The van der Waals surface area contributed by atoms with E-state index in [9.17, 15) is 9.18 Å². The van der Waals surface area contributed by atoms with E-state index in [2.05, 4.69) is 0 Å². The first-order valence-corrected chi connectivity index (χ1v) is 6.83. The highest BCUT2D eigenvalue weighted by atomic mass is 19.1. The largest absolute Gasteiger partial charge is 0.488 e. The number of ether oxygens (including phenoxy) is 1. The Morgan fingerprint density at radius 1 is 1.05 bits per heavy atom. The van der Waals surface area contributed by atoms with Gasteiger partial charge in [0, 0.05) is 10.9 Å². The molecule has 0 unspecified atom stereocenters. The van der Waals surface area contributed by atoms with Crippen LogP contribution in [0.1, 0.15) is 15.9 Å². The molecule has 3 aromatic rings. The SMILES string of the molecule is NC(=O)c1cc(OCc2cccc(F)c2)c2ccccc2c1. The third kappa shape index (κ3) is 2.91. The highest BCUT2D eigenvalue weighted by Crippen LogP contribution is 2.28. The third-order valence-electron chi connectivity index (χ3n) is 3.39. The van der Waals surface area contributed by atoms with Crippen molar-refractivity contribution in [3.05, 3.63) is 77.6 Å². The van der Waals surface area contributed by atoms with Gasteiger partial charge in [-0.25, -0.2) is 4.39 Å². The van der Waals surface area contributed by atoms with Crippen molar-refractivity contribution < 1.29 is 13.9 Å². The van der Waals surface area contributed by atoms with E-state index in [1.165, 1.54) is 12.1 Å². The Balaban J connectivity index is 1.96. The summed E-state index contributed by atoms with van der Waals surface area (Å²) in [5.74, 6) is -0.269. The Morgan fingerprint density at radius 2 is 1.86 bits per heavy atom. The summed E-state index contributed by atoms with van der Waals surface area (Å²) in [5.41, 5.74) is 6.46. The fourth-order valence-corrected chi connectivity index (χ4v) is 2.32. The molecule has 0 saturated carbocycles. The van der Waals surface area contributed by atoms with Gasteiger partial charge in [0.15, 0.2) is 0 Å². The number of hydrogen-bond donors (Lipinski definition) is 1. The highest BCUT2D eigenvalue weighted by Gasteiger charge is 2.09. The molecule has 3 nitrogen and oxygen atoms in total. The minimum atomic E-state index is -0.513. The number of fused-ring (bicyclic) bond motifs is 1. The van der Waals surface area contributed by atoms with Crippen LogP contribution in [0.3, 0.4) is 0 Å². The van der Waals surface area contributed by atoms with E-state index in [-0.39, 0.29) is 12.4 Å². The zero-order valence-corrected chi connectivity index (χ0v) is 11.8. The van der Waals surface area contributed by atoms with E-state index in [0.29, 0.717) is 16.9 Å². The van der Waals surface area contributed by atoms with Gasteiger partial charge in [-0.15, -0.1) is 0 Å². The average Bonchev–Trinajstić information content (AvgIpc) is 2.52. The zero-order chi connectivity index (χ0) is 15.5. The number of primary amides is 1. The Hall–Kier alpha value is -2.88. The fraction of sp³-hybridized carbons (Fsp3) is 0.0556. The Labute approximate surface area is 127 Å². The lowest BCUT2D eigenvalue weighted by Gasteiger charge is -2.11. The van der Waals surface area contributed by atoms with Crippen molar-refractivity contribution in [1.29, 1.82) is 0 Å². The molecule has 3 aromatic carbocycles. The number of carbonyl (C=O) groups is 1. The smallest absolute Gasteiger partial charge is 0.248 e. The van der Waals surface area contributed by atoms with Crippen LogP contribution in [0.4, 0.5) is 4.39 Å². The van der Waals surface area contributed by atoms with Crippen LogP contribution in [-0.2, 0) is 6.61 Å². The maximum absolute atomic E-state index is 13.2. The third-order valence-corrected chi connectivity index (χ3v) is 3.39. The molecule has 0 fully saturated rings. The van der Waals surface area contributed by atoms with Gasteiger partial charge in [0.05, 0.1) is 0 Å². The van der Waals surface area contributed by atoms with Gasteiger partial charge in [0.25, 0.3) is 0 Å². The standard InChI is InChI=1S/C18H14FNO2/c19-15-6-3-4-12(8-15)11-22-17-10-14(18(20)21)9-13-5-1-2-7-16(13)17/h1-10H,11H2,(H2,20,21). The zero-order valence-electron chi connectivity index (χ0n) is 11.8. The van der Waals surface area contributed by atoms with Crippen molar-refractivity contribution in [3.8, 4) is 5.75 Å². The number of carbonyl (C=O) groups excluding carboxylic acids is 1. The summed E-state index contributed by atoms with van der Waals surface area (Å²) in [6.45, 7) is 0.212. The van der Waals surface area contributed by atoms with Gasteiger partial charge < -0.3 is 10.5 Å². The number of benzene rings is 3. The predicted molar refractivity (Wildman–Crippen MR) is 83.2 cm³/mol. The molecule has 0 heterocycles. The Morgan fingerprint density at radius 3 is 2.64 bits per heavy atom. The lowest BCUT2D eigenvalue weighted by molar-refractivity contribution is 0.1000. The molecular formula is C18H14FNO2. The molecule has 0 atom stereocenters. The van der Waals surface area contributed by atoms with Crippen LogP contribution in [0.15, 0.2) is 60.7 Å². The van der Waals surface area contributed by atoms with Crippen LogP contribution in [0.2, 0.25) is 0 Å². The first-order chi connectivity index (χ1) is 10.6. The highest BCUT2D eigenvalue weighted by molar-refractivity contribution is 6.00. The molecule has 22 heavy (non-hydrogen) atoms. The molecule has 4 heteroatoms. The molecule has 2 N–H and O–H groups in total. The van der Waals surface area contributed by atoms with E-state index in [1.54, 1.807) is 24.3 Å². The van der Waals surface area contributed by atoms with Crippen LogP contribution in [0, 0.1) is 5.82 Å². The number of amides is 1. The van der Waals surface area contributed by atoms with Crippen molar-refractivity contribution in [1.82, 2.24) is 0 Å². The second-order valence-electron chi connectivity index (χ2n) is 4.98. The normalized spacial score (nSPS) is 10.6. The summed E-state index contributed by atoms with van der Waals surface area (Å²) >= 11 is 0. The van der Waals surface area contributed by atoms with Crippen LogP contribution in [-0.4, -0.2) is 5.91 Å². The average molecular weight is 295 g/mol. The first kappa shape index (κ1) is 14.1. The number of halogens is 1. The minimum absolute atomic E-state index is 0.212. The summed E-state index contributed by atoms with van der Waals surface area (Å²) in [5, 5.41) is 1.75. The molecule has 3 rings (SSSR count). The quantitative estimate of drug-likeness (QED) is 0.798. The summed E-state index contributed by atoms with van der Waals surface area (Å²) < 4.78 is 19.0. The summed E-state index contributed by atoms with van der Waals surface area (Å²) in [4.78, 5) is 11.4. The molecule has 0 bridgehead atoms. The molecule has 0 spiro atoms. The first-order valence-electron chi connectivity index (χ1n) is 6.83. The van der Waals surface area contributed by atoms with Gasteiger partial charge in [-0.2, -0.15) is 0 Å². The maximum Gasteiger partial charge on any atom is 0.248 e. The predicted octanol–water partition coefficient (Wildman–Crippen LogP) is 3.66. The molecule has 0 radical (unpaired) electrons. The van der Waals surface area contributed by atoms with Gasteiger partial charge in [0.2, 0.25) is 5.91 Å². The molecule has 0 aliphatic carbocycles. The van der Waals surface area contributed by atoms with E-state index in [1.807, 2.05) is 24.3 Å². The molecule has 110 valence electrons. The van der Waals surface area contributed by atoms with Gasteiger partial charge in [-0.1, -0.05) is 36.4 Å².